The third-order valence-corrected chi connectivity index (χ3v) is 4.38. The zero-order chi connectivity index (χ0) is 17.1. The molecule has 7 heteroatoms. The molecule has 2 N–H and O–H groups in total. The predicted octanol–water partition coefficient (Wildman–Crippen LogP) is 2.01. The minimum Gasteiger partial charge on any atom is -0.480 e. The molecule has 0 saturated carbocycles. The van der Waals surface area contributed by atoms with Crippen LogP contribution in [-0.4, -0.2) is 37.5 Å². The van der Waals surface area contributed by atoms with Gasteiger partial charge in [0.25, 0.3) is 5.91 Å². The Bertz CT molecular complexity index is 767. The van der Waals surface area contributed by atoms with Crippen molar-refractivity contribution in [3.8, 4) is 0 Å². The van der Waals surface area contributed by atoms with Gasteiger partial charge in [0, 0.05) is 23.4 Å². The monoisotopic (exact) mass is 336 g/mol. The molecule has 0 spiro atoms. The number of carboxylic acids is 1. The number of hydrogen-bond donors (Lipinski definition) is 2. The number of carbonyl (C=O) groups is 2. The SMILES string of the molecule is CC(C)CC(NC(=O)c1ccc2c(ccn2S(C)=O)c1)C(=O)O. The summed E-state index contributed by atoms with van der Waals surface area (Å²) in [5.41, 5.74) is 1.14. The van der Waals surface area contributed by atoms with Crippen LogP contribution in [0, 0.1) is 5.92 Å². The van der Waals surface area contributed by atoms with Crippen molar-refractivity contribution in [1.29, 1.82) is 0 Å². The highest BCUT2D eigenvalue weighted by Crippen LogP contribution is 2.18. The zero-order valence-electron chi connectivity index (χ0n) is 13.3. The summed E-state index contributed by atoms with van der Waals surface area (Å²) in [6, 6.07) is 5.85. The highest BCUT2D eigenvalue weighted by molar-refractivity contribution is 7.82. The number of aromatic nitrogens is 1. The van der Waals surface area contributed by atoms with E-state index in [9.17, 15) is 18.9 Å². The molecule has 23 heavy (non-hydrogen) atoms. The molecule has 2 atom stereocenters. The molecule has 1 aromatic heterocycles. The van der Waals surface area contributed by atoms with E-state index in [1.807, 2.05) is 13.8 Å². The van der Waals surface area contributed by atoms with Gasteiger partial charge in [-0.05, 0) is 36.6 Å². The molecule has 0 aliphatic carbocycles. The second-order valence-corrected chi connectivity index (χ2v) is 7.07. The maximum absolute atomic E-state index is 12.3. The van der Waals surface area contributed by atoms with E-state index in [0.717, 1.165) is 10.9 Å². The number of fused-ring (bicyclic) bond motifs is 1. The van der Waals surface area contributed by atoms with E-state index in [1.54, 1.807) is 40.7 Å². The van der Waals surface area contributed by atoms with E-state index in [1.165, 1.54) is 0 Å². The third kappa shape index (κ3) is 3.98. The lowest BCUT2D eigenvalue weighted by atomic mass is 10.0. The lowest BCUT2D eigenvalue weighted by Crippen LogP contribution is -2.41. The first-order chi connectivity index (χ1) is 10.8. The Hall–Kier alpha value is -2.15. The molecule has 1 aromatic carbocycles. The lowest BCUT2D eigenvalue weighted by Gasteiger charge is -2.16. The Morgan fingerprint density at radius 1 is 1.30 bits per heavy atom. The molecule has 0 aliphatic heterocycles. The van der Waals surface area contributed by atoms with Gasteiger partial charge in [0.15, 0.2) is 0 Å². The number of carboxylic acid groups (broad SMARTS) is 1. The van der Waals surface area contributed by atoms with E-state index < -0.39 is 28.9 Å². The van der Waals surface area contributed by atoms with Crippen LogP contribution in [0.1, 0.15) is 30.6 Å². The van der Waals surface area contributed by atoms with Gasteiger partial charge in [0.05, 0.1) is 5.52 Å². The molecule has 0 saturated heterocycles. The highest BCUT2D eigenvalue weighted by Gasteiger charge is 2.22. The van der Waals surface area contributed by atoms with Crippen LogP contribution < -0.4 is 5.32 Å². The Kier molecular flexibility index (Phi) is 5.20. The minimum absolute atomic E-state index is 0.160. The molecule has 6 nitrogen and oxygen atoms in total. The number of hydrogen-bond acceptors (Lipinski definition) is 3. The summed E-state index contributed by atoms with van der Waals surface area (Å²) in [5, 5.41) is 12.5. The van der Waals surface area contributed by atoms with Crippen molar-refractivity contribution in [2.75, 3.05) is 6.26 Å². The Balaban J connectivity index is 2.24. The number of benzene rings is 1. The van der Waals surface area contributed by atoms with Crippen LogP contribution in [-0.2, 0) is 15.8 Å². The van der Waals surface area contributed by atoms with E-state index in [4.69, 9.17) is 0 Å². The molecular weight excluding hydrogens is 316 g/mol. The smallest absolute Gasteiger partial charge is 0.326 e. The minimum atomic E-state index is -1.17. The molecule has 0 aliphatic rings. The van der Waals surface area contributed by atoms with Crippen LogP contribution in [0.25, 0.3) is 10.9 Å². The molecule has 2 rings (SSSR count). The summed E-state index contributed by atoms with van der Waals surface area (Å²) in [7, 11) is -1.17. The van der Waals surface area contributed by atoms with Crippen molar-refractivity contribution in [2.45, 2.75) is 26.3 Å². The van der Waals surface area contributed by atoms with E-state index in [2.05, 4.69) is 5.32 Å². The predicted molar refractivity (Wildman–Crippen MR) is 89.7 cm³/mol. The average molecular weight is 336 g/mol. The molecule has 1 heterocycles. The summed E-state index contributed by atoms with van der Waals surface area (Å²) in [4.78, 5) is 23.5. The number of nitrogens with zero attached hydrogens (tertiary/aromatic N) is 1. The van der Waals surface area contributed by atoms with Crippen molar-refractivity contribution < 1.29 is 18.9 Å². The van der Waals surface area contributed by atoms with Gasteiger partial charge in [-0.3, -0.25) is 8.77 Å². The summed E-state index contributed by atoms with van der Waals surface area (Å²) >= 11 is 0. The van der Waals surface area contributed by atoms with Gasteiger partial charge < -0.3 is 10.4 Å². The van der Waals surface area contributed by atoms with Gasteiger partial charge in [-0.1, -0.05) is 13.8 Å². The number of nitrogens with one attached hydrogen (secondary N) is 1. The van der Waals surface area contributed by atoms with Gasteiger partial charge in [-0.2, -0.15) is 0 Å². The molecule has 1 amide bonds. The molecular formula is C16H20N2O4S. The van der Waals surface area contributed by atoms with Crippen LogP contribution in [0.5, 0.6) is 0 Å². The Labute approximate surface area is 137 Å². The van der Waals surface area contributed by atoms with Crippen molar-refractivity contribution >= 4 is 33.8 Å². The Morgan fingerprint density at radius 2 is 2.00 bits per heavy atom. The Morgan fingerprint density at radius 3 is 2.57 bits per heavy atom. The van der Waals surface area contributed by atoms with Crippen LogP contribution in [0.3, 0.4) is 0 Å². The molecule has 124 valence electrons. The van der Waals surface area contributed by atoms with Crippen molar-refractivity contribution in [2.24, 2.45) is 5.92 Å². The summed E-state index contributed by atoms with van der Waals surface area (Å²) in [6.07, 6.45) is 3.64. The fraction of sp³-hybridized carbons (Fsp3) is 0.375. The first-order valence-electron chi connectivity index (χ1n) is 7.28. The summed E-state index contributed by atoms with van der Waals surface area (Å²) in [5.74, 6) is -1.31. The van der Waals surface area contributed by atoms with E-state index in [0.29, 0.717) is 12.0 Å². The van der Waals surface area contributed by atoms with Gasteiger partial charge in [0.2, 0.25) is 0 Å². The van der Waals surface area contributed by atoms with E-state index >= 15 is 0 Å². The second-order valence-electron chi connectivity index (χ2n) is 5.83. The van der Waals surface area contributed by atoms with Crippen LogP contribution >= 0.6 is 0 Å². The molecule has 2 aromatic rings. The topological polar surface area (TPSA) is 88.4 Å². The average Bonchev–Trinajstić information content (AvgIpc) is 2.88. The number of aliphatic carboxylic acids is 1. The van der Waals surface area contributed by atoms with Gasteiger partial charge in [-0.25, -0.2) is 9.00 Å². The highest BCUT2D eigenvalue weighted by atomic mass is 32.2. The fourth-order valence-electron chi connectivity index (χ4n) is 2.42. The van der Waals surface area contributed by atoms with Crippen LogP contribution in [0.15, 0.2) is 30.5 Å². The van der Waals surface area contributed by atoms with Crippen molar-refractivity contribution in [3.05, 3.63) is 36.0 Å². The number of rotatable bonds is 6. The van der Waals surface area contributed by atoms with Gasteiger partial charge in [-0.15, -0.1) is 0 Å². The van der Waals surface area contributed by atoms with Crippen molar-refractivity contribution in [3.63, 3.8) is 0 Å². The number of amides is 1. The zero-order valence-corrected chi connectivity index (χ0v) is 14.1. The first kappa shape index (κ1) is 17.2. The first-order valence-corrected chi connectivity index (χ1v) is 8.79. The largest absolute Gasteiger partial charge is 0.480 e. The quantitative estimate of drug-likeness (QED) is 0.844. The van der Waals surface area contributed by atoms with Crippen LogP contribution in [0.4, 0.5) is 0 Å². The normalized spacial score (nSPS) is 13.9. The van der Waals surface area contributed by atoms with E-state index in [-0.39, 0.29) is 5.92 Å². The summed E-state index contributed by atoms with van der Waals surface area (Å²) < 4.78 is 13.2. The molecule has 2 unspecified atom stereocenters. The number of carbonyl (C=O) groups excluding carboxylic acids is 1. The van der Waals surface area contributed by atoms with Crippen LogP contribution in [0.2, 0.25) is 0 Å². The van der Waals surface area contributed by atoms with Gasteiger partial charge >= 0.3 is 5.97 Å². The third-order valence-electron chi connectivity index (χ3n) is 3.50. The summed E-state index contributed by atoms with van der Waals surface area (Å²) in [6.45, 7) is 3.81. The van der Waals surface area contributed by atoms with Crippen molar-refractivity contribution in [1.82, 2.24) is 9.29 Å². The fourth-order valence-corrected chi connectivity index (χ4v) is 3.09. The van der Waals surface area contributed by atoms with Gasteiger partial charge in [0.1, 0.15) is 17.0 Å². The maximum atomic E-state index is 12.3. The molecule has 0 fully saturated rings. The lowest BCUT2D eigenvalue weighted by molar-refractivity contribution is -0.139. The molecule has 0 bridgehead atoms. The maximum Gasteiger partial charge on any atom is 0.326 e. The second kappa shape index (κ2) is 6.95. The standard InChI is InChI=1S/C16H20N2O4S/c1-10(2)8-13(16(20)21)17-15(19)12-4-5-14-11(9-12)6-7-18(14)23(3)22/h4-7,9-10,13H,8H2,1-3H3,(H,17,19)(H,20,21). The molecule has 0 radical (unpaired) electrons.